The van der Waals surface area contributed by atoms with Crippen LogP contribution in [0.4, 0.5) is 10.5 Å². The molecule has 6 nitrogen and oxygen atoms in total. The summed E-state index contributed by atoms with van der Waals surface area (Å²) in [7, 11) is 0. The van der Waals surface area contributed by atoms with Crippen LogP contribution in [-0.2, 0) is 6.42 Å². The van der Waals surface area contributed by atoms with Gasteiger partial charge in [0.05, 0.1) is 15.6 Å². The molecule has 0 unspecified atom stereocenters. The van der Waals surface area contributed by atoms with Crippen molar-refractivity contribution in [3.63, 3.8) is 0 Å². The fourth-order valence-electron chi connectivity index (χ4n) is 3.04. The molecule has 2 aromatic heterocycles. The van der Waals surface area contributed by atoms with Gasteiger partial charge < -0.3 is 10.6 Å². The van der Waals surface area contributed by atoms with Gasteiger partial charge in [-0.2, -0.15) is 0 Å². The number of benzene rings is 1. The Kier molecular flexibility index (Phi) is 5.40. The molecule has 0 atom stereocenters. The van der Waals surface area contributed by atoms with Gasteiger partial charge in [0.25, 0.3) is 5.91 Å². The molecule has 0 bridgehead atoms. The van der Waals surface area contributed by atoms with Crippen LogP contribution in [0, 0.1) is 6.92 Å². The van der Waals surface area contributed by atoms with Crippen molar-refractivity contribution in [3.05, 3.63) is 57.2 Å². The molecule has 144 valence electrons. The minimum atomic E-state index is -0.107. The summed E-state index contributed by atoms with van der Waals surface area (Å²) in [5.74, 6) is -0.107. The van der Waals surface area contributed by atoms with Gasteiger partial charge in [0.15, 0.2) is 0 Å². The number of aryl methyl sites for hydroxylation is 1. The number of anilines is 1. The fraction of sp³-hybridized carbons (Fsp3) is 0.250. The molecule has 2 N–H and O–H groups in total. The van der Waals surface area contributed by atoms with Crippen molar-refractivity contribution in [2.45, 2.75) is 13.3 Å². The highest BCUT2D eigenvalue weighted by Crippen LogP contribution is 2.29. The van der Waals surface area contributed by atoms with Gasteiger partial charge in [-0.25, -0.2) is 9.78 Å². The summed E-state index contributed by atoms with van der Waals surface area (Å²) in [5, 5.41) is 8.86. The van der Waals surface area contributed by atoms with Crippen molar-refractivity contribution >= 4 is 40.3 Å². The molecule has 3 heterocycles. The molecule has 8 heteroatoms. The summed E-state index contributed by atoms with van der Waals surface area (Å²) in [5.41, 5.74) is 2.41. The van der Waals surface area contributed by atoms with Crippen molar-refractivity contribution < 1.29 is 9.59 Å². The lowest BCUT2D eigenvalue weighted by Gasteiger charge is -2.14. The summed E-state index contributed by atoms with van der Waals surface area (Å²) < 4.78 is 0. The lowest BCUT2D eigenvalue weighted by molar-refractivity contribution is 0.0954. The number of carbonyl (C=O) groups excluding carboxylic acids is 2. The molecular formula is C20H20N4O2S2. The SMILES string of the molecule is Cc1nc(-c2ccc(CCNC(=O)c3ccc(N4CCNC4=O)cc3)s2)cs1. The largest absolute Gasteiger partial charge is 0.352 e. The number of rotatable bonds is 6. The second kappa shape index (κ2) is 8.12. The van der Waals surface area contributed by atoms with Crippen LogP contribution in [0.5, 0.6) is 0 Å². The molecule has 0 saturated carbocycles. The molecule has 0 aliphatic carbocycles. The van der Waals surface area contributed by atoms with Crippen LogP contribution in [0.1, 0.15) is 20.2 Å². The molecule has 0 radical (unpaired) electrons. The number of nitrogens with one attached hydrogen (secondary N) is 2. The second-order valence-corrected chi connectivity index (χ2v) is 8.68. The summed E-state index contributed by atoms with van der Waals surface area (Å²) in [6, 6.07) is 11.2. The number of thiazole rings is 1. The summed E-state index contributed by atoms with van der Waals surface area (Å²) in [6.45, 7) is 3.87. The van der Waals surface area contributed by atoms with Crippen LogP contribution in [0.15, 0.2) is 41.8 Å². The van der Waals surface area contributed by atoms with E-state index in [1.165, 1.54) is 4.88 Å². The smallest absolute Gasteiger partial charge is 0.321 e. The summed E-state index contributed by atoms with van der Waals surface area (Å²) in [4.78, 5) is 32.6. The average molecular weight is 413 g/mol. The lowest BCUT2D eigenvalue weighted by atomic mass is 10.2. The first-order valence-corrected chi connectivity index (χ1v) is 10.7. The van der Waals surface area contributed by atoms with E-state index in [1.54, 1.807) is 51.8 Å². The zero-order chi connectivity index (χ0) is 19.5. The number of hydrogen-bond donors (Lipinski definition) is 2. The molecule has 1 fully saturated rings. The maximum absolute atomic E-state index is 12.4. The maximum atomic E-state index is 12.4. The summed E-state index contributed by atoms with van der Waals surface area (Å²) >= 11 is 3.36. The first-order chi connectivity index (χ1) is 13.6. The van der Waals surface area contributed by atoms with Gasteiger partial charge in [-0.3, -0.25) is 9.69 Å². The van der Waals surface area contributed by atoms with Gasteiger partial charge in [-0.15, -0.1) is 22.7 Å². The number of amides is 3. The number of urea groups is 1. The molecule has 4 rings (SSSR count). The number of hydrogen-bond acceptors (Lipinski definition) is 5. The van der Waals surface area contributed by atoms with Gasteiger partial charge >= 0.3 is 6.03 Å². The van der Waals surface area contributed by atoms with Gasteiger partial charge in [-0.1, -0.05) is 0 Å². The predicted octanol–water partition coefficient (Wildman–Crippen LogP) is 3.68. The van der Waals surface area contributed by atoms with E-state index in [9.17, 15) is 9.59 Å². The fourth-order valence-corrected chi connectivity index (χ4v) is 4.69. The highest BCUT2D eigenvalue weighted by atomic mass is 32.1. The third-order valence-corrected chi connectivity index (χ3v) is 6.43. The Labute approximate surface area is 171 Å². The molecule has 3 amide bonds. The Balaban J connectivity index is 1.30. The molecule has 1 aliphatic heterocycles. The standard InChI is InChI=1S/C20H20N4O2S2/c1-13-23-17(12-27-13)18-7-6-16(28-18)8-9-21-19(25)14-2-4-15(5-3-14)24-11-10-22-20(24)26/h2-7,12H,8-11H2,1H3,(H,21,25)(H,22,26). The maximum Gasteiger partial charge on any atom is 0.321 e. The van der Waals surface area contributed by atoms with E-state index in [1.807, 2.05) is 6.92 Å². The van der Waals surface area contributed by atoms with Gasteiger partial charge in [0.2, 0.25) is 0 Å². The molecule has 28 heavy (non-hydrogen) atoms. The average Bonchev–Trinajstić information content (AvgIpc) is 3.43. The number of thiophene rings is 1. The second-order valence-electron chi connectivity index (χ2n) is 6.45. The van der Waals surface area contributed by atoms with Crippen molar-refractivity contribution in [1.29, 1.82) is 0 Å². The molecule has 3 aromatic rings. The molecule has 0 spiro atoms. The third kappa shape index (κ3) is 4.07. The van der Waals surface area contributed by atoms with E-state index >= 15 is 0 Å². The zero-order valence-corrected chi connectivity index (χ0v) is 17.0. The minimum Gasteiger partial charge on any atom is -0.352 e. The van der Waals surface area contributed by atoms with Crippen molar-refractivity contribution in [1.82, 2.24) is 15.6 Å². The number of nitrogens with zero attached hydrogens (tertiary/aromatic N) is 2. The Hall–Kier alpha value is -2.71. The number of aromatic nitrogens is 1. The highest BCUT2D eigenvalue weighted by Gasteiger charge is 2.21. The van der Waals surface area contributed by atoms with Crippen molar-refractivity contribution in [2.75, 3.05) is 24.5 Å². The van der Waals surface area contributed by atoms with E-state index in [0.717, 1.165) is 27.7 Å². The van der Waals surface area contributed by atoms with Crippen LogP contribution < -0.4 is 15.5 Å². The van der Waals surface area contributed by atoms with E-state index in [0.29, 0.717) is 25.2 Å². The molecular weight excluding hydrogens is 392 g/mol. The van der Waals surface area contributed by atoms with E-state index in [-0.39, 0.29) is 11.9 Å². The lowest BCUT2D eigenvalue weighted by Crippen LogP contribution is -2.28. The van der Waals surface area contributed by atoms with Crippen molar-refractivity contribution in [2.24, 2.45) is 0 Å². The Morgan fingerprint density at radius 1 is 1.25 bits per heavy atom. The minimum absolute atomic E-state index is 0.0969. The highest BCUT2D eigenvalue weighted by molar-refractivity contribution is 7.16. The monoisotopic (exact) mass is 412 g/mol. The molecule has 1 saturated heterocycles. The third-order valence-electron chi connectivity index (χ3n) is 4.49. The van der Waals surface area contributed by atoms with Gasteiger partial charge in [-0.05, 0) is 49.7 Å². The normalized spacial score (nSPS) is 13.6. The van der Waals surface area contributed by atoms with Gasteiger partial charge in [0, 0.05) is 41.1 Å². The predicted molar refractivity (Wildman–Crippen MR) is 113 cm³/mol. The molecule has 1 aromatic carbocycles. The Bertz CT molecular complexity index is 994. The Morgan fingerprint density at radius 3 is 2.75 bits per heavy atom. The summed E-state index contributed by atoms with van der Waals surface area (Å²) in [6.07, 6.45) is 0.783. The van der Waals surface area contributed by atoms with E-state index in [2.05, 4.69) is 33.1 Å². The Morgan fingerprint density at radius 2 is 2.07 bits per heavy atom. The first-order valence-electron chi connectivity index (χ1n) is 9.05. The number of carbonyl (C=O) groups is 2. The van der Waals surface area contributed by atoms with Crippen molar-refractivity contribution in [3.8, 4) is 10.6 Å². The molecule has 1 aliphatic rings. The van der Waals surface area contributed by atoms with Crippen LogP contribution in [-0.4, -0.2) is 36.6 Å². The quantitative estimate of drug-likeness (QED) is 0.649. The van der Waals surface area contributed by atoms with E-state index < -0.39 is 0 Å². The topological polar surface area (TPSA) is 74.3 Å². The van der Waals surface area contributed by atoms with Crippen LogP contribution in [0.2, 0.25) is 0 Å². The zero-order valence-electron chi connectivity index (χ0n) is 15.4. The van der Waals surface area contributed by atoms with E-state index in [4.69, 9.17) is 0 Å². The van der Waals surface area contributed by atoms with Crippen LogP contribution in [0.3, 0.4) is 0 Å². The van der Waals surface area contributed by atoms with Crippen LogP contribution >= 0.6 is 22.7 Å². The first kappa shape index (κ1) is 18.6. The van der Waals surface area contributed by atoms with Gasteiger partial charge in [0.1, 0.15) is 0 Å². The van der Waals surface area contributed by atoms with Crippen LogP contribution in [0.25, 0.3) is 10.6 Å².